The molecule has 1 amide bonds. The van der Waals surface area contributed by atoms with Gasteiger partial charge >= 0.3 is 0 Å². The maximum Gasteiger partial charge on any atom is 0.255 e. The van der Waals surface area contributed by atoms with Crippen LogP contribution in [0.15, 0.2) is 48.5 Å². The van der Waals surface area contributed by atoms with E-state index in [4.69, 9.17) is 11.6 Å². The fourth-order valence-electron chi connectivity index (χ4n) is 1.62. The number of Topliss-reactive ketones (excluding diaryl/α,β-unsaturated/α-hetero) is 1. The van der Waals surface area contributed by atoms with Crippen molar-refractivity contribution in [3.8, 4) is 0 Å². The third-order valence-electron chi connectivity index (χ3n) is 2.66. The summed E-state index contributed by atoms with van der Waals surface area (Å²) in [4.78, 5) is 23.3. The van der Waals surface area contributed by atoms with Crippen molar-refractivity contribution < 1.29 is 9.59 Å². The molecule has 0 bridgehead atoms. The first-order valence-corrected chi connectivity index (χ1v) is 6.12. The first-order chi connectivity index (χ1) is 9.08. The van der Waals surface area contributed by atoms with Crippen molar-refractivity contribution in [2.24, 2.45) is 0 Å². The highest BCUT2D eigenvalue weighted by atomic mass is 35.5. The molecular formula is C15H12ClNO2. The first-order valence-electron chi connectivity index (χ1n) is 5.75. The van der Waals surface area contributed by atoms with Gasteiger partial charge in [-0.2, -0.15) is 0 Å². The summed E-state index contributed by atoms with van der Waals surface area (Å²) in [6.45, 7) is 1.46. The summed E-state index contributed by atoms with van der Waals surface area (Å²) < 4.78 is 0. The minimum Gasteiger partial charge on any atom is -0.321 e. The van der Waals surface area contributed by atoms with Gasteiger partial charge in [0.25, 0.3) is 5.91 Å². The Kier molecular flexibility index (Phi) is 3.97. The van der Waals surface area contributed by atoms with Crippen LogP contribution in [0.2, 0.25) is 5.02 Å². The lowest BCUT2D eigenvalue weighted by molar-refractivity contribution is 0.101. The Labute approximate surface area is 116 Å². The number of amides is 1. The number of carbonyl (C=O) groups excluding carboxylic acids is 2. The molecule has 0 aliphatic rings. The van der Waals surface area contributed by atoms with E-state index in [9.17, 15) is 9.59 Å². The van der Waals surface area contributed by atoms with Crippen LogP contribution in [-0.2, 0) is 0 Å². The fraction of sp³-hybridized carbons (Fsp3) is 0.0667. The summed E-state index contributed by atoms with van der Waals surface area (Å²) in [5.74, 6) is -0.338. The summed E-state index contributed by atoms with van der Waals surface area (Å²) in [7, 11) is 0. The largest absolute Gasteiger partial charge is 0.321 e. The van der Waals surface area contributed by atoms with E-state index in [0.717, 1.165) is 0 Å². The van der Waals surface area contributed by atoms with E-state index >= 15 is 0 Å². The number of hydrogen-bond acceptors (Lipinski definition) is 2. The van der Waals surface area contributed by atoms with Crippen LogP contribution in [0.25, 0.3) is 0 Å². The van der Waals surface area contributed by atoms with Crippen LogP contribution in [0, 0.1) is 0 Å². The number of rotatable bonds is 3. The fourth-order valence-corrected chi connectivity index (χ4v) is 1.79. The van der Waals surface area contributed by atoms with Crippen molar-refractivity contribution in [1.82, 2.24) is 0 Å². The van der Waals surface area contributed by atoms with Crippen LogP contribution in [0.4, 0.5) is 5.69 Å². The summed E-state index contributed by atoms with van der Waals surface area (Å²) in [6, 6.07) is 13.6. The van der Waals surface area contributed by atoms with E-state index in [1.54, 1.807) is 42.5 Å². The molecule has 0 spiro atoms. The lowest BCUT2D eigenvalue weighted by Gasteiger charge is -2.08. The normalized spacial score (nSPS) is 10.0. The van der Waals surface area contributed by atoms with Gasteiger partial charge in [-0.3, -0.25) is 9.59 Å². The summed E-state index contributed by atoms with van der Waals surface area (Å²) in [5, 5.41) is 3.10. The molecule has 2 aromatic carbocycles. The molecule has 0 fully saturated rings. The van der Waals surface area contributed by atoms with Crippen molar-refractivity contribution in [2.75, 3.05) is 5.32 Å². The molecule has 0 radical (unpaired) electrons. The van der Waals surface area contributed by atoms with Crippen molar-refractivity contribution in [3.63, 3.8) is 0 Å². The highest BCUT2D eigenvalue weighted by molar-refractivity contribution is 6.34. The topological polar surface area (TPSA) is 46.2 Å². The molecule has 19 heavy (non-hydrogen) atoms. The number of ketones is 1. The molecule has 2 aromatic rings. The second-order valence-corrected chi connectivity index (χ2v) is 4.48. The van der Waals surface area contributed by atoms with Crippen LogP contribution < -0.4 is 5.32 Å². The molecule has 96 valence electrons. The Morgan fingerprint density at radius 3 is 2.32 bits per heavy atom. The Morgan fingerprint density at radius 2 is 1.68 bits per heavy atom. The second-order valence-electron chi connectivity index (χ2n) is 4.07. The maximum atomic E-state index is 12.0. The van der Waals surface area contributed by atoms with E-state index in [2.05, 4.69) is 5.32 Å². The smallest absolute Gasteiger partial charge is 0.255 e. The van der Waals surface area contributed by atoms with Crippen molar-refractivity contribution in [3.05, 3.63) is 64.7 Å². The lowest BCUT2D eigenvalue weighted by atomic mass is 10.1. The van der Waals surface area contributed by atoms with Crippen LogP contribution in [-0.4, -0.2) is 11.7 Å². The zero-order chi connectivity index (χ0) is 13.8. The van der Waals surface area contributed by atoms with Gasteiger partial charge in [-0.25, -0.2) is 0 Å². The molecule has 0 unspecified atom stereocenters. The first kappa shape index (κ1) is 13.3. The van der Waals surface area contributed by atoms with E-state index in [1.807, 2.05) is 6.07 Å². The molecule has 0 aliphatic carbocycles. The molecule has 0 saturated carbocycles. The van der Waals surface area contributed by atoms with E-state index in [0.29, 0.717) is 21.8 Å². The van der Waals surface area contributed by atoms with Gasteiger partial charge in [0.2, 0.25) is 0 Å². The molecule has 0 aliphatic heterocycles. The van der Waals surface area contributed by atoms with Crippen LogP contribution in [0.5, 0.6) is 0 Å². The van der Waals surface area contributed by atoms with E-state index in [-0.39, 0.29) is 11.7 Å². The predicted molar refractivity (Wildman–Crippen MR) is 75.9 cm³/mol. The standard InChI is InChI=1S/C15H12ClNO2/c1-10(18)12-7-8-13(16)14(9-12)17-15(19)11-5-3-2-4-6-11/h2-9H,1H3,(H,17,19). The highest BCUT2D eigenvalue weighted by Gasteiger charge is 2.10. The molecule has 2 rings (SSSR count). The molecule has 0 saturated heterocycles. The molecule has 0 heterocycles. The average Bonchev–Trinajstić information content (AvgIpc) is 2.42. The van der Waals surface area contributed by atoms with Crippen molar-refractivity contribution in [1.29, 1.82) is 0 Å². The van der Waals surface area contributed by atoms with Gasteiger partial charge in [0, 0.05) is 11.1 Å². The summed E-state index contributed by atoms with van der Waals surface area (Å²) >= 11 is 6.01. The average molecular weight is 274 g/mol. The third kappa shape index (κ3) is 3.20. The van der Waals surface area contributed by atoms with Gasteiger partial charge in [0.15, 0.2) is 5.78 Å². The number of carbonyl (C=O) groups is 2. The zero-order valence-corrected chi connectivity index (χ0v) is 11.1. The van der Waals surface area contributed by atoms with E-state index < -0.39 is 0 Å². The van der Waals surface area contributed by atoms with Gasteiger partial charge in [0.1, 0.15) is 0 Å². The Bertz CT molecular complexity index is 623. The quantitative estimate of drug-likeness (QED) is 0.865. The van der Waals surface area contributed by atoms with Gasteiger partial charge in [-0.05, 0) is 37.3 Å². The molecule has 0 atom stereocenters. The lowest BCUT2D eigenvalue weighted by Crippen LogP contribution is -2.12. The molecular weight excluding hydrogens is 262 g/mol. The number of nitrogens with one attached hydrogen (secondary N) is 1. The molecule has 0 aromatic heterocycles. The number of halogens is 1. The summed E-state index contributed by atoms with van der Waals surface area (Å²) in [6.07, 6.45) is 0. The minimum absolute atomic E-state index is 0.0770. The highest BCUT2D eigenvalue weighted by Crippen LogP contribution is 2.23. The second kappa shape index (κ2) is 5.67. The summed E-state index contributed by atoms with van der Waals surface area (Å²) in [5.41, 5.74) is 1.47. The Balaban J connectivity index is 2.26. The van der Waals surface area contributed by atoms with Gasteiger partial charge in [-0.15, -0.1) is 0 Å². The third-order valence-corrected chi connectivity index (χ3v) is 2.99. The minimum atomic E-state index is -0.261. The Morgan fingerprint density at radius 1 is 1.00 bits per heavy atom. The number of hydrogen-bond donors (Lipinski definition) is 1. The van der Waals surface area contributed by atoms with Crippen LogP contribution >= 0.6 is 11.6 Å². The van der Waals surface area contributed by atoms with Crippen molar-refractivity contribution >= 4 is 29.0 Å². The number of benzene rings is 2. The predicted octanol–water partition coefficient (Wildman–Crippen LogP) is 3.79. The van der Waals surface area contributed by atoms with Crippen molar-refractivity contribution in [2.45, 2.75) is 6.92 Å². The molecule has 1 N–H and O–H groups in total. The molecule has 3 nitrogen and oxygen atoms in total. The molecule has 4 heteroatoms. The number of anilines is 1. The van der Waals surface area contributed by atoms with Gasteiger partial charge in [-0.1, -0.05) is 29.8 Å². The van der Waals surface area contributed by atoms with Crippen LogP contribution in [0.1, 0.15) is 27.6 Å². The van der Waals surface area contributed by atoms with E-state index in [1.165, 1.54) is 6.92 Å². The SMILES string of the molecule is CC(=O)c1ccc(Cl)c(NC(=O)c2ccccc2)c1. The zero-order valence-electron chi connectivity index (χ0n) is 10.3. The Hall–Kier alpha value is -2.13. The monoisotopic (exact) mass is 273 g/mol. The van der Waals surface area contributed by atoms with Gasteiger partial charge in [0.05, 0.1) is 10.7 Å². The van der Waals surface area contributed by atoms with Crippen LogP contribution in [0.3, 0.4) is 0 Å². The maximum absolute atomic E-state index is 12.0. The van der Waals surface area contributed by atoms with Gasteiger partial charge < -0.3 is 5.32 Å².